The van der Waals surface area contributed by atoms with Gasteiger partial charge in [-0.25, -0.2) is 0 Å². The molecule has 1 aliphatic heterocycles. The molecule has 0 bridgehead atoms. The van der Waals surface area contributed by atoms with E-state index >= 15 is 0 Å². The van der Waals surface area contributed by atoms with Crippen LogP contribution in [-0.2, 0) is 6.54 Å². The van der Waals surface area contributed by atoms with Gasteiger partial charge in [-0.3, -0.25) is 4.90 Å². The summed E-state index contributed by atoms with van der Waals surface area (Å²) in [5, 5.41) is 0. The van der Waals surface area contributed by atoms with Crippen molar-refractivity contribution in [3.05, 3.63) is 29.8 Å². The molecular formula is C17H28N2O. The minimum Gasteiger partial charge on any atom is -0.492 e. The van der Waals surface area contributed by atoms with E-state index in [2.05, 4.69) is 25.7 Å². The third-order valence-corrected chi connectivity index (χ3v) is 4.53. The van der Waals surface area contributed by atoms with Gasteiger partial charge in [0.05, 0.1) is 0 Å². The first-order chi connectivity index (χ1) is 9.60. The zero-order valence-corrected chi connectivity index (χ0v) is 13.0. The maximum absolute atomic E-state index is 5.84. The van der Waals surface area contributed by atoms with Crippen molar-refractivity contribution < 1.29 is 4.74 Å². The molecule has 0 amide bonds. The predicted octanol–water partition coefficient (Wildman–Crippen LogP) is 2.89. The number of benzene rings is 1. The molecular weight excluding hydrogens is 248 g/mol. The van der Waals surface area contributed by atoms with E-state index in [4.69, 9.17) is 10.5 Å². The predicted molar refractivity (Wildman–Crippen MR) is 83.8 cm³/mol. The van der Waals surface area contributed by atoms with E-state index in [0.29, 0.717) is 12.6 Å². The summed E-state index contributed by atoms with van der Waals surface area (Å²) in [6.07, 6.45) is 1.35. The quantitative estimate of drug-likeness (QED) is 0.898. The number of rotatable bonds is 5. The van der Waals surface area contributed by atoms with Gasteiger partial charge in [0.2, 0.25) is 0 Å². The Kier molecular flexibility index (Phi) is 5.44. The molecule has 1 aliphatic rings. The van der Waals surface area contributed by atoms with Crippen LogP contribution in [0.4, 0.5) is 0 Å². The van der Waals surface area contributed by atoms with Crippen LogP contribution in [0.25, 0.3) is 0 Å². The summed E-state index contributed by atoms with van der Waals surface area (Å²) in [4.78, 5) is 2.56. The van der Waals surface area contributed by atoms with Crippen molar-refractivity contribution in [3.8, 4) is 5.75 Å². The number of hydrogen-bond donors (Lipinski definition) is 1. The minimum atomic E-state index is 0.585. The molecule has 0 saturated carbocycles. The van der Waals surface area contributed by atoms with Gasteiger partial charge in [0.25, 0.3) is 0 Å². The zero-order chi connectivity index (χ0) is 14.5. The van der Waals surface area contributed by atoms with Crippen molar-refractivity contribution in [1.82, 2.24) is 4.90 Å². The van der Waals surface area contributed by atoms with Crippen LogP contribution in [0.3, 0.4) is 0 Å². The fourth-order valence-electron chi connectivity index (χ4n) is 3.13. The summed E-state index contributed by atoms with van der Waals surface area (Å²) in [5.74, 6) is 2.51. The summed E-state index contributed by atoms with van der Waals surface area (Å²) in [6, 6.07) is 8.74. The van der Waals surface area contributed by atoms with Gasteiger partial charge in [-0.2, -0.15) is 0 Å². The fourth-order valence-corrected chi connectivity index (χ4v) is 3.13. The second kappa shape index (κ2) is 7.09. The van der Waals surface area contributed by atoms with E-state index in [1.54, 1.807) is 0 Å². The van der Waals surface area contributed by atoms with Crippen molar-refractivity contribution in [1.29, 1.82) is 0 Å². The molecule has 3 unspecified atom stereocenters. The molecule has 3 atom stereocenters. The Morgan fingerprint density at radius 2 is 1.90 bits per heavy atom. The standard InChI is InChI=1S/C17H28N2O/c1-13-10-14(2)15(3)19(12-13)8-9-20-17-6-4-16(11-18)5-7-17/h4-7,13-15H,8-12,18H2,1-3H3. The van der Waals surface area contributed by atoms with Crippen LogP contribution >= 0.6 is 0 Å². The van der Waals surface area contributed by atoms with Crippen molar-refractivity contribution in [2.24, 2.45) is 17.6 Å². The Hall–Kier alpha value is -1.06. The summed E-state index contributed by atoms with van der Waals surface area (Å²) in [7, 11) is 0. The van der Waals surface area contributed by atoms with E-state index in [9.17, 15) is 0 Å². The molecule has 20 heavy (non-hydrogen) atoms. The molecule has 2 rings (SSSR count). The molecule has 0 radical (unpaired) electrons. The first-order valence-electron chi connectivity index (χ1n) is 7.76. The van der Waals surface area contributed by atoms with Gasteiger partial charge in [-0.15, -0.1) is 0 Å². The lowest BCUT2D eigenvalue weighted by Gasteiger charge is -2.41. The van der Waals surface area contributed by atoms with Gasteiger partial charge in [0, 0.05) is 25.7 Å². The topological polar surface area (TPSA) is 38.5 Å². The van der Waals surface area contributed by atoms with Crippen molar-refractivity contribution in [2.45, 2.75) is 39.8 Å². The molecule has 1 aromatic carbocycles. The van der Waals surface area contributed by atoms with Crippen LogP contribution in [0, 0.1) is 11.8 Å². The lowest BCUT2D eigenvalue weighted by atomic mass is 9.86. The fraction of sp³-hybridized carbons (Fsp3) is 0.647. The average Bonchev–Trinajstić information content (AvgIpc) is 2.44. The SMILES string of the molecule is CC1CC(C)C(C)N(CCOc2ccc(CN)cc2)C1. The Morgan fingerprint density at radius 3 is 2.55 bits per heavy atom. The van der Waals surface area contributed by atoms with Crippen LogP contribution < -0.4 is 10.5 Å². The van der Waals surface area contributed by atoms with Gasteiger partial charge < -0.3 is 10.5 Å². The number of piperidine rings is 1. The molecule has 0 spiro atoms. The van der Waals surface area contributed by atoms with Crippen LogP contribution in [0.5, 0.6) is 5.75 Å². The van der Waals surface area contributed by atoms with Crippen LogP contribution in [-0.4, -0.2) is 30.6 Å². The lowest BCUT2D eigenvalue weighted by molar-refractivity contribution is 0.0665. The largest absolute Gasteiger partial charge is 0.492 e. The Bertz CT molecular complexity index is 404. The van der Waals surface area contributed by atoms with E-state index in [-0.39, 0.29) is 0 Å². The Balaban J connectivity index is 1.79. The molecule has 0 aromatic heterocycles. The second-order valence-electron chi connectivity index (χ2n) is 6.25. The van der Waals surface area contributed by atoms with Crippen LogP contribution in [0.2, 0.25) is 0 Å². The van der Waals surface area contributed by atoms with Gasteiger partial charge in [0.15, 0.2) is 0 Å². The highest BCUT2D eigenvalue weighted by atomic mass is 16.5. The van der Waals surface area contributed by atoms with E-state index in [1.807, 2.05) is 24.3 Å². The highest BCUT2D eigenvalue weighted by Crippen LogP contribution is 2.26. The minimum absolute atomic E-state index is 0.585. The number of nitrogens with zero attached hydrogens (tertiary/aromatic N) is 1. The first kappa shape index (κ1) is 15.3. The number of ether oxygens (including phenoxy) is 1. The lowest BCUT2D eigenvalue weighted by Crippen LogP contribution is -2.47. The highest BCUT2D eigenvalue weighted by Gasteiger charge is 2.28. The first-order valence-corrected chi connectivity index (χ1v) is 7.76. The van der Waals surface area contributed by atoms with Gasteiger partial charge in [-0.1, -0.05) is 26.0 Å². The summed E-state index contributed by atoms with van der Waals surface area (Å²) in [5.41, 5.74) is 6.73. The molecule has 1 aromatic rings. The number of likely N-dealkylation sites (tertiary alicyclic amines) is 1. The second-order valence-corrected chi connectivity index (χ2v) is 6.25. The van der Waals surface area contributed by atoms with Crippen molar-refractivity contribution in [3.63, 3.8) is 0 Å². The smallest absolute Gasteiger partial charge is 0.119 e. The van der Waals surface area contributed by atoms with Gasteiger partial charge >= 0.3 is 0 Å². The third-order valence-electron chi connectivity index (χ3n) is 4.53. The van der Waals surface area contributed by atoms with E-state index < -0.39 is 0 Å². The van der Waals surface area contributed by atoms with E-state index in [0.717, 1.165) is 36.3 Å². The number of hydrogen-bond acceptors (Lipinski definition) is 3. The van der Waals surface area contributed by atoms with Gasteiger partial charge in [-0.05, 0) is 42.9 Å². The Labute approximate surface area is 123 Å². The van der Waals surface area contributed by atoms with Crippen LogP contribution in [0.15, 0.2) is 24.3 Å². The maximum Gasteiger partial charge on any atom is 0.119 e. The number of nitrogens with two attached hydrogens (primary N) is 1. The van der Waals surface area contributed by atoms with Crippen LogP contribution in [0.1, 0.15) is 32.8 Å². The molecule has 112 valence electrons. The molecule has 0 aliphatic carbocycles. The molecule has 3 nitrogen and oxygen atoms in total. The molecule has 1 heterocycles. The van der Waals surface area contributed by atoms with Crippen molar-refractivity contribution in [2.75, 3.05) is 19.7 Å². The maximum atomic E-state index is 5.84. The van der Waals surface area contributed by atoms with E-state index in [1.165, 1.54) is 13.0 Å². The van der Waals surface area contributed by atoms with Crippen molar-refractivity contribution >= 4 is 0 Å². The summed E-state index contributed by atoms with van der Waals surface area (Å²) >= 11 is 0. The summed E-state index contributed by atoms with van der Waals surface area (Å²) in [6.45, 7) is 10.6. The molecule has 1 fully saturated rings. The molecule has 2 N–H and O–H groups in total. The summed E-state index contributed by atoms with van der Waals surface area (Å²) < 4.78 is 5.84. The molecule has 3 heteroatoms. The molecule has 1 saturated heterocycles. The Morgan fingerprint density at radius 1 is 1.20 bits per heavy atom. The third kappa shape index (κ3) is 3.97. The monoisotopic (exact) mass is 276 g/mol. The zero-order valence-electron chi connectivity index (χ0n) is 13.0. The van der Waals surface area contributed by atoms with Gasteiger partial charge in [0.1, 0.15) is 12.4 Å². The highest BCUT2D eigenvalue weighted by molar-refractivity contribution is 5.27. The average molecular weight is 276 g/mol. The normalized spacial score (nSPS) is 27.5.